The maximum atomic E-state index is 4.81. The maximum Gasteiger partial charge on any atom is 0.194 e. The number of nitrogens with one attached hydrogen (secondary N) is 1. The van der Waals surface area contributed by atoms with Crippen LogP contribution in [-0.4, -0.2) is 34.2 Å². The van der Waals surface area contributed by atoms with Crippen molar-refractivity contribution in [3.05, 3.63) is 51.3 Å². The molecule has 2 aromatic rings. The Balaban J connectivity index is 2.17. The average Bonchev–Trinajstić information content (AvgIpc) is 2.79. The molecule has 0 aliphatic carbocycles. The number of halogens is 1. The van der Waals surface area contributed by atoms with Crippen LogP contribution in [0.5, 0.6) is 0 Å². The molecule has 2 rings (SSSR count). The van der Waals surface area contributed by atoms with Crippen LogP contribution < -0.4 is 5.32 Å². The zero-order chi connectivity index (χ0) is 17.7. The lowest BCUT2D eigenvalue weighted by Crippen LogP contribution is -2.38. The largest absolute Gasteiger partial charge is 0.357 e. The van der Waals surface area contributed by atoms with Gasteiger partial charge in [0.15, 0.2) is 5.96 Å². The number of aliphatic imine (C=N–C) groups is 1. The van der Waals surface area contributed by atoms with Gasteiger partial charge in [-0.25, -0.2) is 4.99 Å². The fourth-order valence-corrected chi connectivity index (χ4v) is 3.04. The molecule has 0 saturated carbocycles. The predicted molar refractivity (Wildman–Crippen MR) is 103 cm³/mol. The van der Waals surface area contributed by atoms with Gasteiger partial charge in [-0.15, -0.1) is 0 Å². The second-order valence-corrected chi connectivity index (χ2v) is 6.74. The van der Waals surface area contributed by atoms with Crippen LogP contribution in [0.15, 0.2) is 33.7 Å². The first-order valence-corrected chi connectivity index (χ1v) is 8.95. The summed E-state index contributed by atoms with van der Waals surface area (Å²) in [5, 5.41) is 7.84. The van der Waals surface area contributed by atoms with E-state index in [1.807, 2.05) is 24.7 Å². The fourth-order valence-electron chi connectivity index (χ4n) is 2.63. The molecule has 0 radical (unpaired) electrons. The topological polar surface area (TPSA) is 45.5 Å². The number of hydrogen-bond acceptors (Lipinski definition) is 2. The number of hydrogen-bond donors (Lipinski definition) is 1. The SMILES string of the molecule is CCNC(=NCc1c(C)nn(C)c1C)N(C)Cc1ccccc1Br. The van der Waals surface area contributed by atoms with Crippen molar-refractivity contribution in [3.8, 4) is 0 Å². The molecule has 0 amide bonds. The summed E-state index contributed by atoms with van der Waals surface area (Å²) >= 11 is 3.61. The first-order chi connectivity index (χ1) is 11.4. The molecular weight excluding hydrogens is 366 g/mol. The molecule has 0 bridgehead atoms. The Morgan fingerprint density at radius 3 is 2.62 bits per heavy atom. The van der Waals surface area contributed by atoms with Crippen molar-refractivity contribution in [2.45, 2.75) is 33.9 Å². The third kappa shape index (κ3) is 4.38. The highest BCUT2D eigenvalue weighted by Gasteiger charge is 2.11. The summed E-state index contributed by atoms with van der Waals surface area (Å²) in [5.41, 5.74) is 4.64. The minimum absolute atomic E-state index is 0.633. The number of guanidine groups is 1. The van der Waals surface area contributed by atoms with Gasteiger partial charge in [-0.3, -0.25) is 4.68 Å². The van der Waals surface area contributed by atoms with E-state index in [2.05, 4.69) is 70.3 Å². The molecule has 0 aliphatic heterocycles. The monoisotopic (exact) mass is 391 g/mol. The molecule has 0 saturated heterocycles. The molecule has 1 N–H and O–H groups in total. The van der Waals surface area contributed by atoms with E-state index < -0.39 is 0 Å². The Kier molecular flexibility index (Phi) is 6.43. The van der Waals surface area contributed by atoms with Gasteiger partial charge in [-0.2, -0.15) is 5.10 Å². The summed E-state index contributed by atoms with van der Waals surface area (Å²) in [7, 11) is 4.03. The van der Waals surface area contributed by atoms with Gasteiger partial charge in [0.25, 0.3) is 0 Å². The summed E-state index contributed by atoms with van der Waals surface area (Å²) in [5.74, 6) is 0.899. The molecule has 5 nitrogen and oxygen atoms in total. The highest BCUT2D eigenvalue weighted by atomic mass is 79.9. The van der Waals surface area contributed by atoms with Crippen LogP contribution in [0, 0.1) is 13.8 Å². The molecule has 1 aromatic carbocycles. The van der Waals surface area contributed by atoms with Gasteiger partial charge in [0.05, 0.1) is 12.2 Å². The molecular formula is C18H26BrN5. The van der Waals surface area contributed by atoms with Crippen molar-refractivity contribution in [1.82, 2.24) is 20.0 Å². The lowest BCUT2D eigenvalue weighted by molar-refractivity contribution is 0.475. The van der Waals surface area contributed by atoms with Crippen molar-refractivity contribution >= 4 is 21.9 Å². The zero-order valence-corrected chi connectivity index (χ0v) is 16.7. The van der Waals surface area contributed by atoms with Gasteiger partial charge >= 0.3 is 0 Å². The van der Waals surface area contributed by atoms with E-state index in [1.54, 1.807) is 0 Å². The summed E-state index contributed by atoms with van der Waals surface area (Å²) in [6.07, 6.45) is 0. The van der Waals surface area contributed by atoms with Gasteiger partial charge in [-0.1, -0.05) is 34.1 Å². The maximum absolute atomic E-state index is 4.81. The molecule has 24 heavy (non-hydrogen) atoms. The van der Waals surface area contributed by atoms with Crippen molar-refractivity contribution in [1.29, 1.82) is 0 Å². The zero-order valence-electron chi connectivity index (χ0n) is 15.1. The number of aryl methyl sites for hydroxylation is 2. The van der Waals surface area contributed by atoms with E-state index in [1.165, 1.54) is 16.8 Å². The molecule has 0 unspecified atom stereocenters. The lowest BCUT2D eigenvalue weighted by Gasteiger charge is -2.22. The third-order valence-corrected chi connectivity index (χ3v) is 4.88. The Morgan fingerprint density at radius 2 is 2.04 bits per heavy atom. The summed E-state index contributed by atoms with van der Waals surface area (Å²) in [4.78, 5) is 6.95. The van der Waals surface area contributed by atoms with Crippen molar-refractivity contribution in [2.24, 2.45) is 12.0 Å². The summed E-state index contributed by atoms with van der Waals surface area (Å²) in [6, 6.07) is 8.27. The third-order valence-electron chi connectivity index (χ3n) is 4.11. The second kappa shape index (κ2) is 8.33. The van der Waals surface area contributed by atoms with Gasteiger partial charge < -0.3 is 10.2 Å². The standard InChI is InChI=1S/C18H26BrN5/c1-6-20-18(21-11-16-13(2)22-24(5)14(16)3)23(4)12-15-9-7-8-10-17(15)19/h7-10H,6,11-12H2,1-5H3,(H,20,21). The summed E-state index contributed by atoms with van der Waals surface area (Å²) < 4.78 is 3.03. The predicted octanol–water partition coefficient (Wildman–Crippen LogP) is 3.40. The van der Waals surface area contributed by atoms with Gasteiger partial charge in [0, 0.05) is 42.9 Å². The lowest BCUT2D eigenvalue weighted by atomic mass is 10.2. The normalized spacial score (nSPS) is 11.7. The van der Waals surface area contributed by atoms with Gasteiger partial charge in [0.1, 0.15) is 0 Å². The van der Waals surface area contributed by atoms with E-state index in [9.17, 15) is 0 Å². The minimum atomic E-state index is 0.633. The molecule has 1 aromatic heterocycles. The Hall–Kier alpha value is -1.82. The van der Waals surface area contributed by atoms with E-state index in [0.29, 0.717) is 6.54 Å². The van der Waals surface area contributed by atoms with E-state index in [-0.39, 0.29) is 0 Å². The van der Waals surface area contributed by atoms with Gasteiger partial charge in [-0.05, 0) is 32.4 Å². The smallest absolute Gasteiger partial charge is 0.194 e. The highest BCUT2D eigenvalue weighted by molar-refractivity contribution is 9.10. The Labute approximate surface area is 152 Å². The Morgan fingerprint density at radius 1 is 1.33 bits per heavy atom. The fraction of sp³-hybridized carbons (Fsp3) is 0.444. The van der Waals surface area contributed by atoms with E-state index in [0.717, 1.165) is 29.2 Å². The molecule has 130 valence electrons. The van der Waals surface area contributed by atoms with Crippen LogP contribution in [0.1, 0.15) is 29.4 Å². The van der Waals surface area contributed by atoms with E-state index in [4.69, 9.17) is 4.99 Å². The van der Waals surface area contributed by atoms with Crippen LogP contribution in [0.25, 0.3) is 0 Å². The first kappa shape index (κ1) is 18.5. The molecule has 6 heteroatoms. The minimum Gasteiger partial charge on any atom is -0.357 e. The van der Waals surface area contributed by atoms with Gasteiger partial charge in [0.2, 0.25) is 0 Å². The molecule has 0 aliphatic rings. The number of rotatable bonds is 5. The van der Waals surface area contributed by atoms with Crippen LogP contribution in [0.2, 0.25) is 0 Å². The van der Waals surface area contributed by atoms with Crippen LogP contribution in [-0.2, 0) is 20.1 Å². The molecule has 0 spiro atoms. The molecule has 1 heterocycles. The second-order valence-electron chi connectivity index (χ2n) is 5.89. The Bertz CT molecular complexity index is 720. The molecule has 0 fully saturated rings. The van der Waals surface area contributed by atoms with Crippen LogP contribution in [0.4, 0.5) is 0 Å². The summed E-state index contributed by atoms with van der Waals surface area (Å²) in [6.45, 7) is 8.47. The number of aromatic nitrogens is 2. The number of benzene rings is 1. The van der Waals surface area contributed by atoms with Crippen molar-refractivity contribution in [3.63, 3.8) is 0 Å². The first-order valence-electron chi connectivity index (χ1n) is 8.16. The highest BCUT2D eigenvalue weighted by Crippen LogP contribution is 2.18. The number of nitrogens with zero attached hydrogens (tertiary/aromatic N) is 4. The van der Waals surface area contributed by atoms with E-state index >= 15 is 0 Å². The van der Waals surface area contributed by atoms with Crippen LogP contribution in [0.3, 0.4) is 0 Å². The van der Waals surface area contributed by atoms with Crippen LogP contribution >= 0.6 is 15.9 Å². The molecule has 0 atom stereocenters. The average molecular weight is 392 g/mol. The quantitative estimate of drug-likeness (QED) is 0.627. The van der Waals surface area contributed by atoms with Crippen molar-refractivity contribution in [2.75, 3.05) is 13.6 Å². The van der Waals surface area contributed by atoms with Crippen molar-refractivity contribution < 1.29 is 0 Å².